The highest BCUT2D eigenvalue weighted by Gasteiger charge is 2.34. The topological polar surface area (TPSA) is 62.9 Å². The van der Waals surface area contributed by atoms with Crippen LogP contribution in [0.4, 0.5) is 0 Å². The molecule has 0 saturated carbocycles. The van der Waals surface area contributed by atoms with Crippen LogP contribution in [0.3, 0.4) is 0 Å². The Labute approximate surface area is 141 Å². The Hall–Kier alpha value is -2.67. The SMILES string of the molecule is Cc1ccc(C)c(-n2c3c(cc(C#N)c2=O)C(=O)CC(C)(C)C3)c1. The molecule has 0 atom stereocenters. The monoisotopic (exact) mass is 320 g/mol. The first-order valence-corrected chi connectivity index (χ1v) is 8.03. The molecule has 1 aromatic heterocycles. The molecule has 1 aliphatic carbocycles. The highest BCUT2D eigenvalue weighted by Crippen LogP contribution is 2.35. The summed E-state index contributed by atoms with van der Waals surface area (Å²) in [6, 6.07) is 9.29. The zero-order chi connectivity index (χ0) is 17.6. The maximum Gasteiger partial charge on any atom is 0.273 e. The average molecular weight is 320 g/mol. The summed E-state index contributed by atoms with van der Waals surface area (Å²) in [6.07, 6.45) is 1.05. The molecule has 0 aliphatic heterocycles. The van der Waals surface area contributed by atoms with Gasteiger partial charge in [-0.2, -0.15) is 5.26 Å². The highest BCUT2D eigenvalue weighted by atomic mass is 16.1. The number of nitrogens with zero attached hydrogens (tertiary/aromatic N) is 2. The van der Waals surface area contributed by atoms with Gasteiger partial charge in [-0.05, 0) is 48.9 Å². The number of pyridine rings is 1. The van der Waals surface area contributed by atoms with Gasteiger partial charge in [-0.1, -0.05) is 26.0 Å². The van der Waals surface area contributed by atoms with Crippen LogP contribution in [0.1, 0.15) is 53.0 Å². The van der Waals surface area contributed by atoms with Crippen molar-refractivity contribution in [2.24, 2.45) is 5.41 Å². The van der Waals surface area contributed by atoms with Crippen LogP contribution in [-0.2, 0) is 6.42 Å². The van der Waals surface area contributed by atoms with E-state index in [2.05, 4.69) is 0 Å². The third-order valence-corrected chi connectivity index (χ3v) is 4.61. The van der Waals surface area contributed by atoms with E-state index in [1.807, 2.05) is 52.0 Å². The van der Waals surface area contributed by atoms with E-state index in [1.54, 1.807) is 4.57 Å². The summed E-state index contributed by atoms with van der Waals surface area (Å²) >= 11 is 0. The molecule has 2 aromatic rings. The third kappa shape index (κ3) is 2.56. The quantitative estimate of drug-likeness (QED) is 0.808. The van der Waals surface area contributed by atoms with Crippen LogP contribution in [0.5, 0.6) is 0 Å². The smallest absolute Gasteiger partial charge is 0.273 e. The number of aromatic nitrogens is 1. The zero-order valence-electron chi connectivity index (χ0n) is 14.4. The van der Waals surface area contributed by atoms with E-state index in [0.717, 1.165) is 16.8 Å². The van der Waals surface area contributed by atoms with Crippen LogP contribution in [0.15, 0.2) is 29.1 Å². The van der Waals surface area contributed by atoms with E-state index in [0.29, 0.717) is 24.1 Å². The molecule has 0 bridgehead atoms. The van der Waals surface area contributed by atoms with Gasteiger partial charge in [-0.15, -0.1) is 0 Å². The van der Waals surface area contributed by atoms with Crippen LogP contribution < -0.4 is 5.56 Å². The number of nitriles is 1. The summed E-state index contributed by atoms with van der Waals surface area (Å²) < 4.78 is 1.58. The predicted octanol–water partition coefficient (Wildman–Crippen LogP) is 3.48. The lowest BCUT2D eigenvalue weighted by Gasteiger charge is -2.32. The molecule has 1 aromatic carbocycles. The molecule has 0 N–H and O–H groups in total. The summed E-state index contributed by atoms with van der Waals surface area (Å²) in [7, 11) is 0. The Morgan fingerprint density at radius 2 is 1.83 bits per heavy atom. The first kappa shape index (κ1) is 16.2. The molecule has 0 radical (unpaired) electrons. The van der Waals surface area contributed by atoms with Crippen molar-refractivity contribution in [3.8, 4) is 11.8 Å². The number of rotatable bonds is 1. The standard InChI is InChI=1S/C20H20N2O2/c1-12-5-6-13(2)16(7-12)22-17-9-20(3,4)10-18(23)15(17)8-14(11-21)19(22)24/h5-8H,9-10H2,1-4H3. The van der Waals surface area contributed by atoms with Gasteiger partial charge >= 0.3 is 0 Å². The Kier molecular flexibility index (Phi) is 3.68. The van der Waals surface area contributed by atoms with Gasteiger partial charge in [0.05, 0.1) is 5.69 Å². The van der Waals surface area contributed by atoms with Crippen molar-refractivity contribution in [3.05, 3.63) is 62.6 Å². The van der Waals surface area contributed by atoms with Crippen molar-refractivity contribution in [3.63, 3.8) is 0 Å². The number of hydrogen-bond acceptors (Lipinski definition) is 3. The van der Waals surface area contributed by atoms with E-state index < -0.39 is 0 Å². The summed E-state index contributed by atoms with van der Waals surface area (Å²) in [5.74, 6) is -0.00296. The maximum atomic E-state index is 12.9. The minimum absolute atomic E-state index is 0.00296. The molecule has 1 heterocycles. The highest BCUT2D eigenvalue weighted by molar-refractivity contribution is 5.99. The number of carbonyl (C=O) groups excluding carboxylic acids is 1. The number of hydrogen-bond donors (Lipinski definition) is 0. The molecule has 0 unspecified atom stereocenters. The molecule has 1 aliphatic rings. The third-order valence-electron chi connectivity index (χ3n) is 4.61. The van der Waals surface area contributed by atoms with Crippen LogP contribution in [-0.4, -0.2) is 10.4 Å². The Morgan fingerprint density at radius 1 is 1.12 bits per heavy atom. The fourth-order valence-electron chi connectivity index (χ4n) is 3.41. The summed E-state index contributed by atoms with van der Waals surface area (Å²) in [6.45, 7) is 7.96. The van der Waals surface area contributed by atoms with Crippen molar-refractivity contribution < 1.29 is 4.79 Å². The molecule has 3 rings (SSSR count). The largest absolute Gasteiger partial charge is 0.294 e. The molecule has 0 fully saturated rings. The van der Waals surface area contributed by atoms with E-state index in [4.69, 9.17) is 0 Å². The van der Waals surface area contributed by atoms with Crippen molar-refractivity contribution in [1.82, 2.24) is 4.57 Å². The van der Waals surface area contributed by atoms with Crippen LogP contribution >= 0.6 is 0 Å². The van der Waals surface area contributed by atoms with Crippen LogP contribution in [0, 0.1) is 30.6 Å². The summed E-state index contributed by atoms with van der Waals surface area (Å²) in [4.78, 5) is 25.5. The van der Waals surface area contributed by atoms with Gasteiger partial charge in [0.25, 0.3) is 5.56 Å². The van der Waals surface area contributed by atoms with Crippen LogP contribution in [0.25, 0.3) is 5.69 Å². The second-order valence-electron chi connectivity index (χ2n) is 7.40. The molecule has 0 saturated heterocycles. The van der Waals surface area contributed by atoms with Gasteiger partial charge in [0.2, 0.25) is 0 Å². The van der Waals surface area contributed by atoms with E-state index in [9.17, 15) is 14.9 Å². The van der Waals surface area contributed by atoms with Crippen molar-refractivity contribution in [2.45, 2.75) is 40.5 Å². The Morgan fingerprint density at radius 3 is 2.50 bits per heavy atom. The Balaban J connectivity index is 2.44. The van der Waals surface area contributed by atoms with Gasteiger partial charge in [-0.25, -0.2) is 0 Å². The lowest BCUT2D eigenvalue weighted by atomic mass is 9.75. The summed E-state index contributed by atoms with van der Waals surface area (Å²) in [5.41, 5.74) is 3.40. The average Bonchev–Trinajstić information content (AvgIpc) is 2.49. The number of fused-ring (bicyclic) bond motifs is 1. The number of aryl methyl sites for hydroxylation is 2. The summed E-state index contributed by atoms with van der Waals surface area (Å²) in [5, 5.41) is 9.33. The van der Waals surface area contributed by atoms with Gasteiger partial charge in [0, 0.05) is 17.7 Å². The molecule has 4 nitrogen and oxygen atoms in total. The zero-order valence-corrected chi connectivity index (χ0v) is 14.4. The second kappa shape index (κ2) is 5.45. The first-order chi connectivity index (χ1) is 11.2. The van der Waals surface area contributed by atoms with Gasteiger partial charge in [-0.3, -0.25) is 14.2 Å². The van der Waals surface area contributed by atoms with Crippen molar-refractivity contribution in [1.29, 1.82) is 5.26 Å². The molecular weight excluding hydrogens is 300 g/mol. The van der Waals surface area contributed by atoms with E-state index in [1.165, 1.54) is 6.07 Å². The molecule has 0 amide bonds. The minimum Gasteiger partial charge on any atom is -0.294 e. The first-order valence-electron chi connectivity index (χ1n) is 8.03. The van der Waals surface area contributed by atoms with Gasteiger partial charge < -0.3 is 0 Å². The van der Waals surface area contributed by atoms with Crippen LogP contribution in [0.2, 0.25) is 0 Å². The van der Waals surface area contributed by atoms with Gasteiger partial charge in [0.1, 0.15) is 11.6 Å². The minimum atomic E-state index is -0.351. The maximum absolute atomic E-state index is 12.9. The number of benzene rings is 1. The lowest BCUT2D eigenvalue weighted by molar-refractivity contribution is 0.0908. The fraction of sp³-hybridized carbons (Fsp3) is 0.350. The van der Waals surface area contributed by atoms with Gasteiger partial charge in [0.15, 0.2) is 5.78 Å². The van der Waals surface area contributed by atoms with Crippen molar-refractivity contribution >= 4 is 5.78 Å². The second-order valence-corrected chi connectivity index (χ2v) is 7.40. The molecule has 0 spiro atoms. The normalized spacial score (nSPS) is 15.7. The van der Waals surface area contributed by atoms with Crippen molar-refractivity contribution in [2.75, 3.05) is 0 Å². The number of Topliss-reactive ketones (excluding diaryl/α,β-unsaturated/α-hetero) is 1. The van der Waals surface area contributed by atoms with E-state index >= 15 is 0 Å². The number of carbonyl (C=O) groups is 1. The number of ketones is 1. The Bertz CT molecular complexity index is 959. The molecule has 122 valence electrons. The molecular formula is C20H20N2O2. The molecule has 4 heteroatoms. The predicted molar refractivity (Wildman–Crippen MR) is 92.7 cm³/mol. The molecule has 24 heavy (non-hydrogen) atoms. The lowest BCUT2D eigenvalue weighted by Crippen LogP contribution is -2.35. The van der Waals surface area contributed by atoms with E-state index in [-0.39, 0.29) is 22.3 Å². The fourth-order valence-corrected chi connectivity index (χ4v) is 3.41.